The molecule has 0 N–H and O–H groups in total. The number of oxazole rings is 1. The van der Waals surface area contributed by atoms with Crippen LogP contribution in [0.3, 0.4) is 0 Å². The van der Waals surface area contributed by atoms with E-state index in [9.17, 15) is 0 Å². The van der Waals surface area contributed by atoms with Gasteiger partial charge >= 0.3 is 0 Å². The van der Waals surface area contributed by atoms with Crippen molar-refractivity contribution < 1.29 is 9.15 Å². The van der Waals surface area contributed by atoms with Crippen molar-refractivity contribution in [1.82, 2.24) is 9.97 Å². The minimum Gasteiger partial charge on any atom is -0.496 e. The molecule has 3 rings (SSSR count). The number of hydrogen-bond donors (Lipinski definition) is 0. The molecule has 4 heteroatoms. The van der Waals surface area contributed by atoms with Gasteiger partial charge in [0.05, 0.1) is 18.3 Å². The van der Waals surface area contributed by atoms with Gasteiger partial charge in [-0.15, -0.1) is 0 Å². The fourth-order valence-electron chi connectivity index (χ4n) is 2.41. The number of rotatable bonds is 2. The molecule has 0 bridgehead atoms. The van der Waals surface area contributed by atoms with Crippen molar-refractivity contribution in [3.05, 3.63) is 41.5 Å². The molecule has 1 aromatic carbocycles. The van der Waals surface area contributed by atoms with Gasteiger partial charge in [0, 0.05) is 17.9 Å². The van der Waals surface area contributed by atoms with E-state index in [0.717, 1.165) is 39.2 Å². The van der Waals surface area contributed by atoms with Crippen molar-refractivity contribution >= 4 is 10.9 Å². The number of ether oxygens (including phenoxy) is 1. The third kappa shape index (κ3) is 2.82. The molecule has 2 heterocycles. The second-order valence-corrected chi connectivity index (χ2v) is 4.87. The van der Waals surface area contributed by atoms with Crippen LogP contribution in [0.4, 0.5) is 0 Å². The predicted molar refractivity (Wildman–Crippen MR) is 89.4 cm³/mol. The van der Waals surface area contributed by atoms with Crippen molar-refractivity contribution in [3.63, 3.8) is 0 Å². The summed E-state index contributed by atoms with van der Waals surface area (Å²) in [6.07, 6.45) is 1.64. The number of aryl methyl sites for hydroxylation is 3. The predicted octanol–water partition coefficient (Wildman–Crippen LogP) is 4.85. The molecular formula is C18H22N2O2. The van der Waals surface area contributed by atoms with Crippen molar-refractivity contribution in [2.75, 3.05) is 7.11 Å². The summed E-state index contributed by atoms with van der Waals surface area (Å²) in [6.45, 7) is 9.92. The molecule has 0 saturated heterocycles. The quantitative estimate of drug-likeness (QED) is 0.678. The average molecular weight is 298 g/mol. The van der Waals surface area contributed by atoms with E-state index < -0.39 is 0 Å². The fourth-order valence-corrected chi connectivity index (χ4v) is 2.41. The molecule has 0 aliphatic carbocycles. The number of hydrogen-bond acceptors (Lipinski definition) is 4. The van der Waals surface area contributed by atoms with E-state index in [0.29, 0.717) is 5.89 Å². The Labute approximate surface area is 131 Å². The number of fused-ring (bicyclic) bond motifs is 1. The van der Waals surface area contributed by atoms with Gasteiger partial charge in [-0.25, -0.2) is 9.97 Å². The molecule has 0 saturated carbocycles. The van der Waals surface area contributed by atoms with E-state index in [1.807, 2.05) is 45.9 Å². The first-order valence-electron chi connectivity index (χ1n) is 7.47. The molecular weight excluding hydrogens is 276 g/mol. The normalized spacial score (nSPS) is 10.3. The molecule has 0 fully saturated rings. The number of methoxy groups -OCH3 is 1. The SMILES string of the molecule is CC.COc1ccc2c(C)cc(-c3coc(C)n3)nc2c1C. The lowest BCUT2D eigenvalue weighted by molar-refractivity contribution is 0.412. The number of nitrogens with zero attached hydrogens (tertiary/aromatic N) is 2. The number of pyridine rings is 1. The third-order valence-corrected chi connectivity index (χ3v) is 3.49. The Kier molecular flexibility index (Phi) is 4.81. The van der Waals surface area contributed by atoms with E-state index in [1.165, 1.54) is 0 Å². The summed E-state index contributed by atoms with van der Waals surface area (Å²) in [5, 5.41) is 1.13. The summed E-state index contributed by atoms with van der Waals surface area (Å²) >= 11 is 0. The molecule has 0 amide bonds. The first kappa shape index (κ1) is 16.0. The molecule has 3 aromatic rings. The van der Waals surface area contributed by atoms with Crippen LogP contribution >= 0.6 is 0 Å². The number of aromatic nitrogens is 2. The molecule has 4 nitrogen and oxygen atoms in total. The maximum atomic E-state index is 5.37. The second-order valence-electron chi connectivity index (χ2n) is 4.87. The minimum absolute atomic E-state index is 0.641. The van der Waals surface area contributed by atoms with Gasteiger partial charge in [-0.05, 0) is 37.6 Å². The zero-order valence-electron chi connectivity index (χ0n) is 14.0. The van der Waals surface area contributed by atoms with E-state index in [4.69, 9.17) is 14.1 Å². The molecule has 0 aliphatic heterocycles. The van der Waals surface area contributed by atoms with E-state index >= 15 is 0 Å². The maximum absolute atomic E-state index is 5.37. The summed E-state index contributed by atoms with van der Waals surface area (Å²) in [5.74, 6) is 1.49. The van der Waals surface area contributed by atoms with Crippen LogP contribution in [0.1, 0.15) is 30.9 Å². The lowest BCUT2D eigenvalue weighted by Gasteiger charge is -2.10. The van der Waals surface area contributed by atoms with Gasteiger partial charge in [-0.3, -0.25) is 0 Å². The van der Waals surface area contributed by atoms with Gasteiger partial charge in [0.2, 0.25) is 0 Å². The minimum atomic E-state index is 0.641. The smallest absolute Gasteiger partial charge is 0.191 e. The zero-order chi connectivity index (χ0) is 16.3. The molecule has 0 radical (unpaired) electrons. The molecule has 2 aromatic heterocycles. The molecule has 0 aliphatic rings. The summed E-state index contributed by atoms with van der Waals surface area (Å²) < 4.78 is 10.6. The molecule has 0 unspecified atom stereocenters. The van der Waals surface area contributed by atoms with Crippen LogP contribution in [-0.4, -0.2) is 17.1 Å². The molecule has 0 spiro atoms. The summed E-state index contributed by atoms with van der Waals surface area (Å²) in [6, 6.07) is 6.05. The van der Waals surface area contributed by atoms with Crippen molar-refractivity contribution in [3.8, 4) is 17.1 Å². The Hall–Kier alpha value is -2.36. The Balaban J connectivity index is 0.000000847. The van der Waals surface area contributed by atoms with Gasteiger partial charge in [0.15, 0.2) is 5.89 Å². The average Bonchev–Trinajstić information content (AvgIpc) is 2.97. The highest BCUT2D eigenvalue weighted by Crippen LogP contribution is 2.30. The van der Waals surface area contributed by atoms with E-state index in [-0.39, 0.29) is 0 Å². The second kappa shape index (κ2) is 6.60. The Morgan fingerprint density at radius 1 is 1.00 bits per heavy atom. The van der Waals surface area contributed by atoms with Crippen molar-refractivity contribution in [1.29, 1.82) is 0 Å². The lowest BCUT2D eigenvalue weighted by Crippen LogP contribution is -1.94. The zero-order valence-corrected chi connectivity index (χ0v) is 14.0. The van der Waals surface area contributed by atoms with Crippen LogP contribution in [0.15, 0.2) is 28.9 Å². The van der Waals surface area contributed by atoms with Crippen molar-refractivity contribution in [2.24, 2.45) is 0 Å². The Bertz CT molecular complexity index is 791. The summed E-state index contributed by atoms with van der Waals surface area (Å²) in [4.78, 5) is 9.07. The summed E-state index contributed by atoms with van der Waals surface area (Å²) in [5.41, 5.74) is 4.73. The van der Waals surface area contributed by atoms with Gasteiger partial charge < -0.3 is 9.15 Å². The van der Waals surface area contributed by atoms with Gasteiger partial charge in [-0.1, -0.05) is 13.8 Å². The van der Waals surface area contributed by atoms with Crippen LogP contribution in [0.5, 0.6) is 5.75 Å². The van der Waals surface area contributed by atoms with Crippen LogP contribution in [0.2, 0.25) is 0 Å². The highest BCUT2D eigenvalue weighted by molar-refractivity contribution is 5.88. The van der Waals surface area contributed by atoms with Crippen LogP contribution in [-0.2, 0) is 0 Å². The topological polar surface area (TPSA) is 48.2 Å². The Morgan fingerprint density at radius 3 is 2.32 bits per heavy atom. The largest absolute Gasteiger partial charge is 0.496 e. The molecule has 22 heavy (non-hydrogen) atoms. The van der Waals surface area contributed by atoms with Crippen LogP contribution in [0, 0.1) is 20.8 Å². The van der Waals surface area contributed by atoms with Gasteiger partial charge in [0.25, 0.3) is 0 Å². The van der Waals surface area contributed by atoms with Gasteiger partial charge in [-0.2, -0.15) is 0 Å². The van der Waals surface area contributed by atoms with Crippen molar-refractivity contribution in [2.45, 2.75) is 34.6 Å². The maximum Gasteiger partial charge on any atom is 0.191 e. The highest BCUT2D eigenvalue weighted by Gasteiger charge is 2.12. The van der Waals surface area contributed by atoms with E-state index in [1.54, 1.807) is 13.4 Å². The monoisotopic (exact) mass is 298 g/mol. The van der Waals surface area contributed by atoms with Crippen LogP contribution in [0.25, 0.3) is 22.3 Å². The summed E-state index contributed by atoms with van der Waals surface area (Å²) in [7, 11) is 1.67. The molecule has 116 valence electrons. The lowest BCUT2D eigenvalue weighted by atomic mass is 10.0. The standard InChI is InChI=1S/C16H16N2O2.C2H6/c1-9-7-13(14-8-20-11(3)17-14)18-16-10(2)15(19-4)6-5-12(9)16;1-2/h5-8H,1-4H3;1-2H3. The van der Waals surface area contributed by atoms with Gasteiger partial charge in [0.1, 0.15) is 17.7 Å². The number of benzene rings is 1. The van der Waals surface area contributed by atoms with Crippen LogP contribution < -0.4 is 4.74 Å². The highest BCUT2D eigenvalue weighted by atomic mass is 16.5. The molecule has 0 atom stereocenters. The third-order valence-electron chi connectivity index (χ3n) is 3.49. The Morgan fingerprint density at radius 2 is 1.73 bits per heavy atom. The van der Waals surface area contributed by atoms with E-state index in [2.05, 4.69) is 11.9 Å². The fraction of sp³-hybridized carbons (Fsp3) is 0.333. The first-order chi connectivity index (χ1) is 10.6. The first-order valence-corrected chi connectivity index (χ1v) is 7.47.